The first kappa shape index (κ1) is 17.0. The Hall–Kier alpha value is -2.40. The molecule has 0 saturated heterocycles. The van der Waals surface area contributed by atoms with Gasteiger partial charge in [0.05, 0.1) is 0 Å². The third kappa shape index (κ3) is 4.79. The number of amides is 1. The summed E-state index contributed by atoms with van der Waals surface area (Å²) >= 11 is 0. The number of hydrogen-bond donors (Lipinski definition) is 2. The van der Waals surface area contributed by atoms with E-state index in [0.29, 0.717) is 5.75 Å². The van der Waals surface area contributed by atoms with Gasteiger partial charge >= 0.3 is 0 Å². The first-order valence-corrected chi connectivity index (χ1v) is 7.44. The van der Waals surface area contributed by atoms with E-state index in [1.165, 1.54) is 12.1 Å². The van der Waals surface area contributed by atoms with Crippen molar-refractivity contribution in [3.8, 4) is 5.75 Å². The minimum atomic E-state index is -0.414. The third-order valence-electron chi connectivity index (χ3n) is 3.72. The van der Waals surface area contributed by atoms with E-state index < -0.39 is 5.91 Å². The molecule has 2 aromatic carbocycles. The van der Waals surface area contributed by atoms with E-state index in [-0.39, 0.29) is 24.3 Å². The van der Waals surface area contributed by atoms with Crippen LogP contribution < -0.4 is 10.2 Å². The SMILES string of the molecule is CC(CC(=O)NO)c1ccc(OC(C)c2ccc(F)cc2)cc1. The summed E-state index contributed by atoms with van der Waals surface area (Å²) in [4.78, 5) is 11.2. The molecule has 0 aliphatic rings. The Morgan fingerprint density at radius 2 is 1.65 bits per heavy atom. The van der Waals surface area contributed by atoms with Gasteiger partial charge in [0, 0.05) is 6.42 Å². The molecule has 2 aromatic rings. The highest BCUT2D eigenvalue weighted by Gasteiger charge is 2.12. The van der Waals surface area contributed by atoms with Crippen LogP contribution in [0.3, 0.4) is 0 Å². The number of hydrogen-bond acceptors (Lipinski definition) is 3. The third-order valence-corrected chi connectivity index (χ3v) is 3.72. The number of carbonyl (C=O) groups excluding carboxylic acids is 1. The molecule has 0 aliphatic heterocycles. The summed E-state index contributed by atoms with van der Waals surface area (Å²) in [5.41, 5.74) is 3.51. The second-order valence-corrected chi connectivity index (χ2v) is 5.52. The molecule has 2 atom stereocenters. The highest BCUT2D eigenvalue weighted by molar-refractivity contribution is 5.75. The fraction of sp³-hybridized carbons (Fsp3) is 0.278. The van der Waals surface area contributed by atoms with Gasteiger partial charge in [-0.1, -0.05) is 31.2 Å². The van der Waals surface area contributed by atoms with Crippen molar-refractivity contribution in [1.82, 2.24) is 5.48 Å². The first-order valence-electron chi connectivity index (χ1n) is 7.44. The number of rotatable bonds is 6. The zero-order valence-corrected chi connectivity index (χ0v) is 13.1. The summed E-state index contributed by atoms with van der Waals surface area (Å²) in [5.74, 6) is 0.00377. The summed E-state index contributed by atoms with van der Waals surface area (Å²) in [7, 11) is 0. The van der Waals surface area contributed by atoms with Gasteiger partial charge in [0.15, 0.2) is 0 Å². The van der Waals surface area contributed by atoms with Gasteiger partial charge in [-0.25, -0.2) is 9.87 Å². The monoisotopic (exact) mass is 317 g/mol. The van der Waals surface area contributed by atoms with Crippen molar-refractivity contribution in [2.24, 2.45) is 0 Å². The molecular weight excluding hydrogens is 297 g/mol. The molecule has 122 valence electrons. The second-order valence-electron chi connectivity index (χ2n) is 5.52. The summed E-state index contributed by atoms with van der Waals surface area (Å²) in [6.45, 7) is 3.81. The van der Waals surface area contributed by atoms with Crippen LogP contribution in [0.1, 0.15) is 43.4 Å². The van der Waals surface area contributed by atoms with Crippen molar-refractivity contribution in [2.45, 2.75) is 32.3 Å². The van der Waals surface area contributed by atoms with Gasteiger partial charge in [0.1, 0.15) is 17.7 Å². The second kappa shape index (κ2) is 7.74. The van der Waals surface area contributed by atoms with Gasteiger partial charge in [-0.3, -0.25) is 10.0 Å². The maximum Gasteiger partial charge on any atom is 0.243 e. The lowest BCUT2D eigenvalue weighted by atomic mass is 9.97. The van der Waals surface area contributed by atoms with Crippen LogP contribution >= 0.6 is 0 Å². The lowest BCUT2D eigenvalue weighted by molar-refractivity contribution is -0.129. The molecular formula is C18H20FNO3. The van der Waals surface area contributed by atoms with Crippen molar-refractivity contribution >= 4 is 5.91 Å². The van der Waals surface area contributed by atoms with Crippen LogP contribution in [0.25, 0.3) is 0 Å². The van der Waals surface area contributed by atoms with Crippen molar-refractivity contribution in [3.05, 3.63) is 65.5 Å². The normalized spacial score (nSPS) is 13.2. The highest BCUT2D eigenvalue weighted by Crippen LogP contribution is 2.25. The lowest BCUT2D eigenvalue weighted by Crippen LogP contribution is -2.20. The number of nitrogens with one attached hydrogen (secondary N) is 1. The molecule has 0 radical (unpaired) electrons. The fourth-order valence-corrected chi connectivity index (χ4v) is 2.32. The van der Waals surface area contributed by atoms with E-state index in [1.807, 2.05) is 38.1 Å². The van der Waals surface area contributed by atoms with Gasteiger partial charge < -0.3 is 4.74 Å². The molecule has 0 fully saturated rings. The Labute approximate surface area is 134 Å². The van der Waals surface area contributed by atoms with Crippen LogP contribution in [0.2, 0.25) is 0 Å². The summed E-state index contributed by atoms with van der Waals surface area (Å²) in [6.07, 6.45) is 0.0157. The number of hydroxylamine groups is 1. The van der Waals surface area contributed by atoms with Crippen LogP contribution in [0.4, 0.5) is 4.39 Å². The largest absolute Gasteiger partial charge is 0.486 e. The van der Waals surface area contributed by atoms with E-state index in [0.717, 1.165) is 11.1 Å². The van der Waals surface area contributed by atoms with E-state index in [9.17, 15) is 9.18 Å². The number of halogens is 1. The van der Waals surface area contributed by atoms with Crippen LogP contribution in [0, 0.1) is 5.82 Å². The Balaban J connectivity index is 1.99. The van der Waals surface area contributed by atoms with Crippen molar-refractivity contribution in [2.75, 3.05) is 0 Å². The Morgan fingerprint density at radius 1 is 1.09 bits per heavy atom. The Morgan fingerprint density at radius 3 is 2.22 bits per heavy atom. The highest BCUT2D eigenvalue weighted by atomic mass is 19.1. The molecule has 5 heteroatoms. The number of benzene rings is 2. The Bertz CT molecular complexity index is 640. The molecule has 0 aromatic heterocycles. The average molecular weight is 317 g/mol. The van der Waals surface area contributed by atoms with Crippen molar-refractivity contribution in [3.63, 3.8) is 0 Å². The molecule has 0 spiro atoms. The van der Waals surface area contributed by atoms with Crippen LogP contribution in [-0.2, 0) is 4.79 Å². The molecule has 0 heterocycles. The summed E-state index contributed by atoms with van der Waals surface area (Å²) < 4.78 is 18.8. The zero-order valence-electron chi connectivity index (χ0n) is 13.1. The molecule has 2 rings (SSSR count). The molecule has 2 unspecified atom stereocenters. The predicted octanol–water partition coefficient (Wildman–Crippen LogP) is 3.96. The quantitative estimate of drug-likeness (QED) is 0.626. The van der Waals surface area contributed by atoms with Gasteiger partial charge in [0.2, 0.25) is 5.91 Å². The zero-order chi connectivity index (χ0) is 16.8. The van der Waals surface area contributed by atoms with Crippen LogP contribution in [0.5, 0.6) is 5.75 Å². The average Bonchev–Trinajstić information content (AvgIpc) is 2.55. The summed E-state index contributed by atoms with van der Waals surface area (Å²) in [6, 6.07) is 13.7. The van der Waals surface area contributed by atoms with E-state index in [1.54, 1.807) is 17.6 Å². The van der Waals surface area contributed by atoms with Gasteiger partial charge in [-0.05, 0) is 48.2 Å². The van der Waals surface area contributed by atoms with Gasteiger partial charge in [0.25, 0.3) is 0 Å². The smallest absolute Gasteiger partial charge is 0.243 e. The molecule has 2 N–H and O–H groups in total. The molecule has 0 saturated carbocycles. The fourth-order valence-electron chi connectivity index (χ4n) is 2.32. The lowest BCUT2D eigenvalue weighted by Gasteiger charge is -2.16. The van der Waals surface area contributed by atoms with E-state index in [4.69, 9.17) is 9.94 Å². The number of ether oxygens (including phenoxy) is 1. The maximum absolute atomic E-state index is 12.9. The summed E-state index contributed by atoms with van der Waals surface area (Å²) in [5, 5.41) is 8.56. The maximum atomic E-state index is 12.9. The van der Waals surface area contributed by atoms with Crippen LogP contribution in [0.15, 0.2) is 48.5 Å². The minimum Gasteiger partial charge on any atom is -0.486 e. The van der Waals surface area contributed by atoms with Crippen molar-refractivity contribution in [1.29, 1.82) is 0 Å². The minimum absolute atomic E-state index is 0.00859. The predicted molar refractivity (Wildman–Crippen MR) is 84.8 cm³/mol. The Kier molecular flexibility index (Phi) is 5.71. The standard InChI is InChI=1S/C18H20FNO3/c1-12(11-18(21)20-22)14-5-9-17(10-6-14)23-13(2)15-3-7-16(19)8-4-15/h3-10,12-13,22H,11H2,1-2H3,(H,20,21). The van der Waals surface area contributed by atoms with Gasteiger partial charge in [-0.2, -0.15) is 0 Å². The van der Waals surface area contributed by atoms with E-state index in [2.05, 4.69) is 0 Å². The first-order chi connectivity index (χ1) is 11.0. The molecule has 0 aliphatic carbocycles. The molecule has 0 bridgehead atoms. The van der Waals surface area contributed by atoms with Crippen molar-refractivity contribution < 1.29 is 19.1 Å². The van der Waals surface area contributed by atoms with E-state index >= 15 is 0 Å². The van der Waals surface area contributed by atoms with Crippen LogP contribution in [-0.4, -0.2) is 11.1 Å². The topological polar surface area (TPSA) is 58.6 Å². The molecule has 1 amide bonds. The number of carbonyl (C=O) groups is 1. The molecule has 4 nitrogen and oxygen atoms in total. The van der Waals surface area contributed by atoms with Gasteiger partial charge in [-0.15, -0.1) is 0 Å². The molecule has 23 heavy (non-hydrogen) atoms.